The monoisotopic (exact) mass is 333 g/mol. The molecule has 24 heavy (non-hydrogen) atoms. The number of ether oxygens (including phenoxy) is 2. The lowest BCUT2D eigenvalue weighted by Gasteiger charge is -2.53. The molecule has 2 N–H and O–H groups in total. The zero-order chi connectivity index (χ0) is 17.1. The molecule has 2 bridgehead atoms. The molecule has 3 atom stereocenters. The van der Waals surface area contributed by atoms with Crippen molar-refractivity contribution in [3.8, 4) is 11.5 Å². The molecule has 1 aliphatic heterocycles. The van der Waals surface area contributed by atoms with Crippen LogP contribution in [0.5, 0.6) is 11.5 Å². The van der Waals surface area contributed by atoms with E-state index in [9.17, 15) is 14.3 Å². The lowest BCUT2D eigenvalue weighted by Crippen LogP contribution is -2.60. The molecule has 0 aromatic heterocycles. The van der Waals surface area contributed by atoms with Gasteiger partial charge in [-0.05, 0) is 31.0 Å². The second-order valence-corrected chi connectivity index (χ2v) is 6.79. The number of fused-ring (bicyclic) bond motifs is 1. The average molecular weight is 333 g/mol. The fourth-order valence-corrected chi connectivity index (χ4v) is 4.80. The zero-order valence-corrected chi connectivity index (χ0v) is 13.7. The number of piperidine rings is 1. The number of phenolic OH excluding ortho intramolecular Hbond substituents is 1. The maximum Gasteiger partial charge on any atom is 0.197 e. The molecule has 0 amide bonds. The van der Waals surface area contributed by atoms with E-state index in [4.69, 9.17) is 9.47 Å². The first-order valence-electron chi connectivity index (χ1n) is 8.13. The Labute approximate surface area is 139 Å². The van der Waals surface area contributed by atoms with Crippen molar-refractivity contribution in [3.63, 3.8) is 0 Å². The van der Waals surface area contributed by atoms with E-state index in [-0.39, 0.29) is 41.5 Å². The van der Waals surface area contributed by atoms with Crippen LogP contribution in [0.25, 0.3) is 0 Å². The van der Waals surface area contributed by atoms with Gasteiger partial charge in [-0.2, -0.15) is 0 Å². The van der Waals surface area contributed by atoms with Gasteiger partial charge in [0.15, 0.2) is 23.0 Å². The Balaban J connectivity index is 2.00. The quantitative estimate of drug-likeness (QED) is 0.864. The Morgan fingerprint density at radius 3 is 2.88 bits per heavy atom. The van der Waals surface area contributed by atoms with E-state index in [1.165, 1.54) is 20.3 Å². The van der Waals surface area contributed by atoms with Crippen LogP contribution in [0.3, 0.4) is 0 Å². The van der Waals surface area contributed by atoms with Gasteiger partial charge in [0.05, 0.1) is 14.2 Å². The molecule has 128 valence electrons. The number of halogens is 1. The third kappa shape index (κ3) is 1.86. The van der Waals surface area contributed by atoms with Gasteiger partial charge in [0.25, 0.3) is 0 Å². The molecule has 0 radical (unpaired) electrons. The molecule has 4 rings (SSSR count). The van der Waals surface area contributed by atoms with Crippen LogP contribution in [-0.2, 0) is 21.4 Å². The first kappa shape index (κ1) is 15.4. The second-order valence-electron chi connectivity index (χ2n) is 6.79. The van der Waals surface area contributed by atoms with E-state index < -0.39 is 5.41 Å². The Hall–Kier alpha value is -2.08. The van der Waals surface area contributed by atoms with Crippen molar-refractivity contribution >= 4 is 5.78 Å². The molecule has 1 aromatic carbocycles. The van der Waals surface area contributed by atoms with Gasteiger partial charge < -0.3 is 19.9 Å². The van der Waals surface area contributed by atoms with Crippen molar-refractivity contribution < 1.29 is 23.8 Å². The van der Waals surface area contributed by atoms with E-state index in [0.29, 0.717) is 29.7 Å². The largest absolute Gasteiger partial charge is 0.504 e. The van der Waals surface area contributed by atoms with Gasteiger partial charge in [-0.15, -0.1) is 0 Å². The standard InChI is InChI=1S/C18H20FNO4/c1-23-14-6-10-12-5-9-11(19)7-15(24-2)17(22)16(9)18(10,3-4-20-12)8-13(14)21/h6-7,10,12,20,22H,3-5,8H2,1-2H3/t10?,12-,18+/m0/s1. The number of hydrogen-bond acceptors (Lipinski definition) is 5. The fourth-order valence-electron chi connectivity index (χ4n) is 4.80. The van der Waals surface area contributed by atoms with Crippen LogP contribution in [0.15, 0.2) is 17.9 Å². The van der Waals surface area contributed by atoms with Crippen LogP contribution in [0.1, 0.15) is 24.0 Å². The molecule has 1 heterocycles. The van der Waals surface area contributed by atoms with Crippen LogP contribution in [0.4, 0.5) is 4.39 Å². The van der Waals surface area contributed by atoms with E-state index in [2.05, 4.69) is 5.32 Å². The zero-order valence-electron chi connectivity index (χ0n) is 13.7. The molecule has 1 saturated heterocycles. The summed E-state index contributed by atoms with van der Waals surface area (Å²) in [5.74, 6) is -0.0869. The fraction of sp³-hybridized carbons (Fsp3) is 0.500. The minimum atomic E-state index is -0.609. The molecule has 3 aliphatic rings. The number of methoxy groups -OCH3 is 2. The highest BCUT2D eigenvalue weighted by molar-refractivity contribution is 5.96. The van der Waals surface area contributed by atoms with E-state index in [1.807, 2.05) is 6.08 Å². The Morgan fingerprint density at radius 2 is 2.17 bits per heavy atom. The van der Waals surface area contributed by atoms with Crippen molar-refractivity contribution in [2.75, 3.05) is 20.8 Å². The molecular weight excluding hydrogens is 313 g/mol. The number of rotatable bonds is 2. The number of hydrogen-bond donors (Lipinski definition) is 2. The predicted octanol–water partition coefficient (Wildman–Crippen LogP) is 1.81. The minimum absolute atomic E-state index is 0.0202. The Morgan fingerprint density at radius 1 is 1.38 bits per heavy atom. The molecular formula is C18H20FNO4. The summed E-state index contributed by atoms with van der Waals surface area (Å²) in [6, 6.07) is 1.24. The van der Waals surface area contributed by atoms with Gasteiger partial charge in [0.1, 0.15) is 5.82 Å². The highest BCUT2D eigenvalue weighted by Crippen LogP contribution is 2.56. The summed E-state index contributed by atoms with van der Waals surface area (Å²) in [5.41, 5.74) is 0.424. The summed E-state index contributed by atoms with van der Waals surface area (Å²) in [7, 11) is 2.89. The van der Waals surface area contributed by atoms with Gasteiger partial charge in [-0.25, -0.2) is 4.39 Å². The first-order valence-corrected chi connectivity index (χ1v) is 8.13. The van der Waals surface area contributed by atoms with Crippen molar-refractivity contribution in [2.24, 2.45) is 5.92 Å². The number of carbonyl (C=O) groups excluding carboxylic acids is 1. The van der Waals surface area contributed by atoms with Gasteiger partial charge >= 0.3 is 0 Å². The summed E-state index contributed by atoms with van der Waals surface area (Å²) in [4.78, 5) is 12.5. The van der Waals surface area contributed by atoms with Crippen LogP contribution in [0.2, 0.25) is 0 Å². The highest BCUT2D eigenvalue weighted by Gasteiger charge is 2.55. The molecule has 1 unspecified atom stereocenters. The Bertz CT molecular complexity index is 760. The SMILES string of the molecule is COC1=CC2[C@@H]3Cc4c(F)cc(OC)c(O)c4[C@]2(CCN3)CC1=O. The van der Waals surface area contributed by atoms with E-state index >= 15 is 0 Å². The molecule has 5 nitrogen and oxygen atoms in total. The molecule has 6 heteroatoms. The van der Waals surface area contributed by atoms with Crippen molar-refractivity contribution in [1.29, 1.82) is 0 Å². The smallest absolute Gasteiger partial charge is 0.197 e. The lowest BCUT2D eigenvalue weighted by atomic mass is 9.54. The number of aromatic hydroxyl groups is 1. The number of Topliss-reactive ketones (excluding diaryl/α,β-unsaturated/α-hetero) is 1. The van der Waals surface area contributed by atoms with Crippen LogP contribution in [-0.4, -0.2) is 37.7 Å². The number of nitrogens with one attached hydrogen (secondary N) is 1. The van der Waals surface area contributed by atoms with Crippen LogP contribution >= 0.6 is 0 Å². The summed E-state index contributed by atoms with van der Waals surface area (Å²) < 4.78 is 25.0. The highest BCUT2D eigenvalue weighted by atomic mass is 19.1. The number of ketones is 1. The van der Waals surface area contributed by atoms with Gasteiger partial charge in [0.2, 0.25) is 0 Å². The summed E-state index contributed by atoms with van der Waals surface area (Å²) >= 11 is 0. The third-order valence-electron chi connectivity index (χ3n) is 5.81. The number of carbonyl (C=O) groups is 1. The second kappa shape index (κ2) is 5.21. The lowest BCUT2D eigenvalue weighted by molar-refractivity contribution is -0.122. The normalized spacial score (nSPS) is 31.0. The van der Waals surface area contributed by atoms with E-state index in [0.717, 1.165) is 6.54 Å². The van der Waals surface area contributed by atoms with Crippen molar-refractivity contribution in [1.82, 2.24) is 5.32 Å². The molecule has 2 aliphatic carbocycles. The van der Waals surface area contributed by atoms with Gasteiger partial charge in [0, 0.05) is 35.4 Å². The summed E-state index contributed by atoms with van der Waals surface area (Å²) in [6.07, 6.45) is 3.18. The van der Waals surface area contributed by atoms with Crippen molar-refractivity contribution in [2.45, 2.75) is 30.7 Å². The molecule has 0 spiro atoms. The number of phenols is 1. The molecule has 0 saturated carbocycles. The maximum atomic E-state index is 14.7. The van der Waals surface area contributed by atoms with Crippen molar-refractivity contribution in [3.05, 3.63) is 34.8 Å². The Kier molecular flexibility index (Phi) is 3.35. The molecule has 1 aromatic rings. The molecule has 1 fully saturated rings. The van der Waals surface area contributed by atoms with Gasteiger partial charge in [-0.3, -0.25) is 4.79 Å². The predicted molar refractivity (Wildman–Crippen MR) is 84.6 cm³/mol. The number of benzene rings is 1. The summed E-state index contributed by atoms with van der Waals surface area (Å²) in [6.45, 7) is 0.725. The number of allylic oxidation sites excluding steroid dienone is 1. The summed E-state index contributed by atoms with van der Waals surface area (Å²) in [5, 5.41) is 14.2. The van der Waals surface area contributed by atoms with Crippen LogP contribution in [0, 0.1) is 11.7 Å². The third-order valence-corrected chi connectivity index (χ3v) is 5.81. The van der Waals surface area contributed by atoms with Crippen LogP contribution < -0.4 is 10.1 Å². The maximum absolute atomic E-state index is 14.7. The minimum Gasteiger partial charge on any atom is -0.504 e. The topological polar surface area (TPSA) is 67.8 Å². The average Bonchev–Trinajstić information content (AvgIpc) is 2.56. The first-order chi connectivity index (χ1) is 11.5. The van der Waals surface area contributed by atoms with E-state index in [1.54, 1.807) is 0 Å². The van der Waals surface area contributed by atoms with Gasteiger partial charge in [-0.1, -0.05) is 0 Å².